The zero-order valence-corrected chi connectivity index (χ0v) is 15.1. The molecule has 0 aromatic heterocycles. The quantitative estimate of drug-likeness (QED) is 0.823. The summed E-state index contributed by atoms with van der Waals surface area (Å²) in [6.45, 7) is 4.73. The number of ether oxygens (including phenoxy) is 1. The second-order valence-electron chi connectivity index (χ2n) is 6.76. The molecule has 2 aromatic carbocycles. The van der Waals surface area contributed by atoms with Crippen LogP contribution >= 0.6 is 0 Å². The predicted octanol–water partition coefficient (Wildman–Crippen LogP) is 4.57. The topological polar surface area (TPSA) is 41.6 Å². The molecule has 0 radical (unpaired) electrons. The Hall–Kier alpha value is -2.75. The van der Waals surface area contributed by atoms with Gasteiger partial charge in [0.2, 0.25) is 0 Å². The summed E-state index contributed by atoms with van der Waals surface area (Å²) in [4.78, 5) is 15.0. The molecule has 26 heavy (non-hydrogen) atoms. The summed E-state index contributed by atoms with van der Waals surface area (Å²) in [5.41, 5.74) is 4.79. The molecule has 4 heteroatoms. The molecule has 0 spiro atoms. The largest absolute Gasteiger partial charge is 0.494 e. The highest BCUT2D eigenvalue weighted by molar-refractivity contribution is 6.35. The predicted molar refractivity (Wildman–Crippen MR) is 107 cm³/mol. The Morgan fingerprint density at radius 1 is 1.12 bits per heavy atom. The minimum absolute atomic E-state index is 0.0536. The standard InChI is InChI=1S/C22H24N2O2/c1-2-26-17-10-11-18-19(22(25)23-20(18)15-17)14-16-8-4-5-9-21(16)24-12-6-3-7-13-24/h4-5,8-11,14-15H,2-3,6-7,12-13H2,1H3,(H,23,25). The molecule has 0 saturated carbocycles. The van der Waals surface area contributed by atoms with Crippen LogP contribution in [0.1, 0.15) is 37.3 Å². The van der Waals surface area contributed by atoms with E-state index in [-0.39, 0.29) is 5.91 Å². The lowest BCUT2D eigenvalue weighted by Gasteiger charge is -2.30. The Labute approximate surface area is 154 Å². The number of nitrogens with zero attached hydrogens (tertiary/aromatic N) is 1. The number of piperidine rings is 1. The van der Waals surface area contributed by atoms with Crippen molar-refractivity contribution < 1.29 is 9.53 Å². The number of para-hydroxylation sites is 1. The van der Waals surface area contributed by atoms with E-state index in [4.69, 9.17) is 4.74 Å². The van der Waals surface area contributed by atoms with Crippen molar-refractivity contribution >= 4 is 28.9 Å². The van der Waals surface area contributed by atoms with Gasteiger partial charge in [-0.15, -0.1) is 0 Å². The van der Waals surface area contributed by atoms with Gasteiger partial charge in [0.25, 0.3) is 5.91 Å². The summed E-state index contributed by atoms with van der Waals surface area (Å²) in [7, 11) is 0. The summed E-state index contributed by atoms with van der Waals surface area (Å²) in [6.07, 6.45) is 5.78. The van der Waals surface area contributed by atoms with Crippen LogP contribution in [0.3, 0.4) is 0 Å². The summed E-state index contributed by atoms with van der Waals surface area (Å²) in [5, 5.41) is 2.96. The molecule has 2 heterocycles. The number of nitrogens with one attached hydrogen (secondary N) is 1. The van der Waals surface area contributed by atoms with Gasteiger partial charge in [0.15, 0.2) is 0 Å². The fraction of sp³-hybridized carbons (Fsp3) is 0.318. The maximum atomic E-state index is 12.6. The first-order chi connectivity index (χ1) is 12.8. The molecule has 2 aliphatic heterocycles. The number of amides is 1. The van der Waals surface area contributed by atoms with Gasteiger partial charge in [-0.1, -0.05) is 18.2 Å². The zero-order valence-electron chi connectivity index (χ0n) is 15.1. The van der Waals surface area contributed by atoms with Gasteiger partial charge in [0.05, 0.1) is 12.3 Å². The Balaban J connectivity index is 1.71. The third-order valence-corrected chi connectivity index (χ3v) is 5.02. The monoisotopic (exact) mass is 348 g/mol. The minimum Gasteiger partial charge on any atom is -0.494 e. The molecule has 4 rings (SSSR count). The van der Waals surface area contributed by atoms with Crippen molar-refractivity contribution in [3.63, 3.8) is 0 Å². The number of rotatable bonds is 4. The smallest absolute Gasteiger partial charge is 0.256 e. The van der Waals surface area contributed by atoms with E-state index >= 15 is 0 Å². The molecule has 0 aliphatic carbocycles. The van der Waals surface area contributed by atoms with Crippen LogP contribution in [0.2, 0.25) is 0 Å². The van der Waals surface area contributed by atoms with Crippen LogP contribution in [-0.4, -0.2) is 25.6 Å². The summed E-state index contributed by atoms with van der Waals surface area (Å²) < 4.78 is 5.54. The first kappa shape index (κ1) is 16.7. The van der Waals surface area contributed by atoms with Gasteiger partial charge in [0, 0.05) is 36.0 Å². The van der Waals surface area contributed by atoms with Crippen molar-refractivity contribution in [2.24, 2.45) is 0 Å². The van der Waals surface area contributed by atoms with Crippen LogP contribution in [0.5, 0.6) is 5.75 Å². The number of hydrogen-bond acceptors (Lipinski definition) is 3. The highest BCUT2D eigenvalue weighted by atomic mass is 16.5. The highest BCUT2D eigenvalue weighted by Crippen LogP contribution is 2.37. The number of carbonyl (C=O) groups is 1. The van der Waals surface area contributed by atoms with Gasteiger partial charge in [-0.25, -0.2) is 0 Å². The van der Waals surface area contributed by atoms with Crippen LogP contribution in [-0.2, 0) is 4.79 Å². The molecular formula is C22H24N2O2. The van der Waals surface area contributed by atoms with Gasteiger partial charge in [-0.2, -0.15) is 0 Å². The summed E-state index contributed by atoms with van der Waals surface area (Å²) >= 11 is 0. The maximum Gasteiger partial charge on any atom is 0.256 e. The van der Waals surface area contributed by atoms with Crippen molar-refractivity contribution in [2.45, 2.75) is 26.2 Å². The van der Waals surface area contributed by atoms with Gasteiger partial charge in [-0.3, -0.25) is 4.79 Å². The molecule has 0 unspecified atom stereocenters. The van der Waals surface area contributed by atoms with E-state index in [0.717, 1.165) is 35.7 Å². The van der Waals surface area contributed by atoms with E-state index in [1.807, 2.05) is 37.3 Å². The number of benzene rings is 2. The number of hydrogen-bond donors (Lipinski definition) is 1. The molecule has 134 valence electrons. The van der Waals surface area contributed by atoms with Crippen LogP contribution < -0.4 is 15.0 Å². The fourth-order valence-corrected chi connectivity index (χ4v) is 3.76. The summed E-state index contributed by atoms with van der Waals surface area (Å²) in [6, 6.07) is 14.1. The Bertz CT molecular complexity index is 851. The molecule has 1 amide bonds. The molecule has 0 bridgehead atoms. The Kier molecular flexibility index (Phi) is 4.65. The highest BCUT2D eigenvalue weighted by Gasteiger charge is 2.25. The van der Waals surface area contributed by atoms with E-state index in [1.54, 1.807) is 0 Å². The number of anilines is 2. The molecule has 2 aliphatic rings. The molecule has 2 aromatic rings. The lowest BCUT2D eigenvalue weighted by molar-refractivity contribution is -0.110. The average molecular weight is 348 g/mol. The third kappa shape index (κ3) is 3.19. The van der Waals surface area contributed by atoms with Crippen LogP contribution in [0, 0.1) is 0 Å². The van der Waals surface area contributed by atoms with Crippen LogP contribution in [0.25, 0.3) is 11.6 Å². The maximum absolute atomic E-state index is 12.6. The molecule has 4 nitrogen and oxygen atoms in total. The van der Waals surface area contributed by atoms with Crippen molar-refractivity contribution in [1.29, 1.82) is 0 Å². The fourth-order valence-electron chi connectivity index (χ4n) is 3.76. The first-order valence-corrected chi connectivity index (χ1v) is 9.40. The molecule has 1 saturated heterocycles. The second kappa shape index (κ2) is 7.24. The molecular weight excluding hydrogens is 324 g/mol. The molecule has 0 atom stereocenters. The van der Waals surface area contributed by atoms with Crippen LogP contribution in [0.15, 0.2) is 42.5 Å². The van der Waals surface area contributed by atoms with Crippen molar-refractivity contribution in [1.82, 2.24) is 0 Å². The van der Waals surface area contributed by atoms with E-state index in [9.17, 15) is 4.79 Å². The molecule has 1 N–H and O–H groups in total. The van der Waals surface area contributed by atoms with Gasteiger partial charge >= 0.3 is 0 Å². The number of carbonyl (C=O) groups excluding carboxylic acids is 1. The number of fused-ring (bicyclic) bond motifs is 1. The first-order valence-electron chi connectivity index (χ1n) is 9.40. The minimum atomic E-state index is -0.0536. The van der Waals surface area contributed by atoms with E-state index in [1.165, 1.54) is 24.9 Å². The van der Waals surface area contributed by atoms with Crippen molar-refractivity contribution in [3.05, 3.63) is 53.6 Å². The van der Waals surface area contributed by atoms with Gasteiger partial charge in [0.1, 0.15) is 5.75 Å². The molecule has 1 fully saturated rings. The van der Waals surface area contributed by atoms with Crippen molar-refractivity contribution in [2.75, 3.05) is 29.9 Å². The van der Waals surface area contributed by atoms with Gasteiger partial charge in [-0.05, 0) is 56.0 Å². The third-order valence-electron chi connectivity index (χ3n) is 5.02. The summed E-state index contributed by atoms with van der Waals surface area (Å²) in [5.74, 6) is 0.726. The Morgan fingerprint density at radius 2 is 1.92 bits per heavy atom. The normalized spacial score (nSPS) is 18.0. The SMILES string of the molecule is CCOc1ccc2c(c1)NC(=O)C2=Cc1ccccc1N1CCCCC1. The van der Waals surface area contributed by atoms with E-state index < -0.39 is 0 Å². The second-order valence-corrected chi connectivity index (χ2v) is 6.76. The van der Waals surface area contributed by atoms with E-state index in [0.29, 0.717) is 12.2 Å². The van der Waals surface area contributed by atoms with E-state index in [2.05, 4.69) is 28.4 Å². The zero-order chi connectivity index (χ0) is 17.9. The van der Waals surface area contributed by atoms with Crippen LogP contribution in [0.4, 0.5) is 11.4 Å². The van der Waals surface area contributed by atoms with Gasteiger partial charge < -0.3 is 15.0 Å². The van der Waals surface area contributed by atoms with Crippen molar-refractivity contribution in [3.8, 4) is 5.75 Å². The average Bonchev–Trinajstić information content (AvgIpc) is 2.98. The lowest BCUT2D eigenvalue weighted by atomic mass is 10.0. The lowest BCUT2D eigenvalue weighted by Crippen LogP contribution is -2.29. The Morgan fingerprint density at radius 3 is 2.73 bits per heavy atom.